The number of amides is 4. The van der Waals surface area contributed by atoms with Gasteiger partial charge in [0.15, 0.2) is 0 Å². The molecule has 0 aromatic heterocycles. The fourth-order valence-corrected chi connectivity index (χ4v) is 2.98. The summed E-state index contributed by atoms with van der Waals surface area (Å²) in [6.45, 7) is 5.39. The van der Waals surface area contributed by atoms with Crippen molar-refractivity contribution in [2.75, 3.05) is 10.6 Å². The topological polar surface area (TPSA) is 78.5 Å². The Balaban J connectivity index is 1.79. The lowest BCUT2D eigenvalue weighted by molar-refractivity contribution is 0.0507. The van der Waals surface area contributed by atoms with Crippen LogP contribution in [0.3, 0.4) is 0 Å². The maximum atomic E-state index is 12.6. The van der Waals surface area contributed by atoms with E-state index in [-0.39, 0.29) is 17.4 Å². The molecule has 0 spiro atoms. The summed E-state index contributed by atoms with van der Waals surface area (Å²) in [7, 11) is 0. The predicted molar refractivity (Wildman–Crippen MR) is 101 cm³/mol. The molecule has 0 bridgehead atoms. The van der Waals surface area contributed by atoms with Gasteiger partial charge in [0.2, 0.25) is 0 Å². The van der Waals surface area contributed by atoms with Crippen molar-refractivity contribution < 1.29 is 14.4 Å². The number of fused-ring (bicyclic) bond motifs is 1. The smallest absolute Gasteiger partial charge is 0.308 e. The summed E-state index contributed by atoms with van der Waals surface area (Å²) < 4.78 is 0. The summed E-state index contributed by atoms with van der Waals surface area (Å²) in [5, 5.41) is 5.81. The summed E-state index contributed by atoms with van der Waals surface area (Å²) in [6, 6.07) is 10.9. The molecule has 1 aliphatic rings. The van der Waals surface area contributed by atoms with E-state index >= 15 is 0 Å². The van der Waals surface area contributed by atoms with Crippen LogP contribution in [-0.4, -0.2) is 28.3 Å². The van der Waals surface area contributed by atoms with E-state index in [0.29, 0.717) is 22.0 Å². The quantitative estimate of drug-likeness (QED) is 0.769. The molecule has 1 aliphatic heterocycles. The monoisotopic (exact) mass is 371 g/mol. The highest BCUT2D eigenvalue weighted by Gasteiger charge is 2.41. The number of nitrogens with zero attached hydrogens (tertiary/aromatic N) is 1. The molecular formula is C19H18ClN3O3. The molecule has 7 heteroatoms. The van der Waals surface area contributed by atoms with Crippen molar-refractivity contribution in [1.82, 2.24) is 4.90 Å². The Morgan fingerprint density at radius 1 is 0.923 bits per heavy atom. The Kier molecular flexibility index (Phi) is 4.46. The molecule has 0 unspecified atom stereocenters. The van der Waals surface area contributed by atoms with Gasteiger partial charge in [-0.3, -0.25) is 14.5 Å². The highest BCUT2D eigenvalue weighted by Crippen LogP contribution is 2.31. The molecule has 0 fully saturated rings. The molecule has 0 atom stereocenters. The zero-order chi connectivity index (χ0) is 19.1. The zero-order valence-electron chi connectivity index (χ0n) is 14.6. The highest BCUT2D eigenvalue weighted by atomic mass is 35.5. The minimum absolute atomic E-state index is 0.283. The first-order valence-corrected chi connectivity index (χ1v) is 8.41. The number of hydrogen-bond acceptors (Lipinski definition) is 3. The van der Waals surface area contributed by atoms with Crippen molar-refractivity contribution in [2.24, 2.45) is 0 Å². The van der Waals surface area contributed by atoms with Crippen molar-refractivity contribution in [3.8, 4) is 0 Å². The van der Waals surface area contributed by atoms with Gasteiger partial charge < -0.3 is 10.6 Å². The van der Waals surface area contributed by atoms with Crippen LogP contribution in [0.4, 0.5) is 16.2 Å². The summed E-state index contributed by atoms with van der Waals surface area (Å²) in [5.41, 5.74) is 0.961. The maximum absolute atomic E-state index is 12.6. The Hall–Kier alpha value is -2.86. The first-order chi connectivity index (χ1) is 12.2. The lowest BCUT2D eigenvalue weighted by atomic mass is 10.1. The zero-order valence-corrected chi connectivity index (χ0v) is 15.3. The number of benzene rings is 2. The van der Waals surface area contributed by atoms with E-state index in [0.717, 1.165) is 0 Å². The normalized spacial score (nSPS) is 13.6. The van der Waals surface area contributed by atoms with Gasteiger partial charge in [0.05, 0.1) is 11.1 Å². The molecule has 0 saturated heterocycles. The molecular weight excluding hydrogens is 354 g/mol. The number of rotatable bonds is 2. The Bertz CT molecular complexity index is 918. The SMILES string of the molecule is CC(C)(C)N1C(=O)c2ccc(NC(=O)Nc3cccc(Cl)c3)cc2C1=O. The molecule has 0 aliphatic carbocycles. The molecule has 134 valence electrons. The minimum Gasteiger partial charge on any atom is -0.308 e. The standard InChI is InChI=1S/C19H18ClN3O3/c1-19(2,3)23-16(24)14-8-7-13(10-15(14)17(23)25)22-18(26)21-12-6-4-5-11(20)9-12/h4-10H,1-3H3,(H2,21,22,26). The van der Waals surface area contributed by atoms with E-state index in [2.05, 4.69) is 10.6 Å². The number of carbonyl (C=O) groups is 3. The number of halogens is 1. The fourth-order valence-electron chi connectivity index (χ4n) is 2.79. The van der Waals surface area contributed by atoms with E-state index in [4.69, 9.17) is 11.6 Å². The van der Waals surface area contributed by atoms with Gasteiger partial charge in [-0.05, 0) is 57.2 Å². The van der Waals surface area contributed by atoms with Crippen LogP contribution in [0.25, 0.3) is 0 Å². The summed E-state index contributed by atoms with van der Waals surface area (Å²) >= 11 is 5.89. The third-order valence-corrected chi connectivity index (χ3v) is 4.13. The average Bonchev–Trinajstić information content (AvgIpc) is 2.78. The van der Waals surface area contributed by atoms with E-state index in [1.165, 1.54) is 11.0 Å². The maximum Gasteiger partial charge on any atom is 0.323 e. The van der Waals surface area contributed by atoms with Crippen LogP contribution >= 0.6 is 11.6 Å². The van der Waals surface area contributed by atoms with Gasteiger partial charge in [-0.2, -0.15) is 0 Å². The molecule has 3 rings (SSSR count). The van der Waals surface area contributed by atoms with Crippen LogP contribution in [-0.2, 0) is 0 Å². The van der Waals surface area contributed by atoms with Gasteiger partial charge in [0.25, 0.3) is 11.8 Å². The number of nitrogens with one attached hydrogen (secondary N) is 2. The summed E-state index contributed by atoms with van der Waals surface area (Å²) in [5.74, 6) is -0.691. The van der Waals surface area contributed by atoms with Crippen molar-refractivity contribution in [3.63, 3.8) is 0 Å². The van der Waals surface area contributed by atoms with Crippen molar-refractivity contribution in [1.29, 1.82) is 0 Å². The van der Waals surface area contributed by atoms with E-state index in [1.807, 2.05) is 0 Å². The highest BCUT2D eigenvalue weighted by molar-refractivity contribution is 6.31. The third-order valence-electron chi connectivity index (χ3n) is 3.90. The summed E-state index contributed by atoms with van der Waals surface area (Å²) in [6.07, 6.45) is 0. The molecule has 26 heavy (non-hydrogen) atoms. The average molecular weight is 372 g/mol. The van der Waals surface area contributed by atoms with Crippen molar-refractivity contribution in [3.05, 3.63) is 58.6 Å². The molecule has 4 amide bonds. The van der Waals surface area contributed by atoms with Crippen LogP contribution in [0.5, 0.6) is 0 Å². The van der Waals surface area contributed by atoms with Gasteiger partial charge in [-0.25, -0.2) is 4.79 Å². The largest absolute Gasteiger partial charge is 0.323 e. The Labute approximate surface area is 156 Å². The van der Waals surface area contributed by atoms with E-state index in [1.54, 1.807) is 57.2 Å². The minimum atomic E-state index is -0.620. The number of carbonyl (C=O) groups excluding carboxylic acids is 3. The van der Waals surface area contributed by atoms with Crippen LogP contribution in [0.15, 0.2) is 42.5 Å². The second-order valence-corrected chi connectivity index (χ2v) is 7.40. The molecule has 2 N–H and O–H groups in total. The number of anilines is 2. The molecule has 1 heterocycles. The van der Waals surface area contributed by atoms with Gasteiger partial charge in [0, 0.05) is 21.9 Å². The van der Waals surface area contributed by atoms with Crippen LogP contribution in [0, 0.1) is 0 Å². The lowest BCUT2D eigenvalue weighted by Gasteiger charge is -2.29. The van der Waals surface area contributed by atoms with E-state index < -0.39 is 11.6 Å². The summed E-state index contributed by atoms with van der Waals surface area (Å²) in [4.78, 5) is 38.4. The van der Waals surface area contributed by atoms with Gasteiger partial charge >= 0.3 is 6.03 Å². The van der Waals surface area contributed by atoms with Crippen LogP contribution < -0.4 is 10.6 Å². The Morgan fingerprint density at radius 2 is 1.54 bits per heavy atom. The number of urea groups is 1. The van der Waals surface area contributed by atoms with Gasteiger partial charge in [-0.1, -0.05) is 17.7 Å². The molecule has 0 saturated carbocycles. The van der Waals surface area contributed by atoms with Crippen molar-refractivity contribution in [2.45, 2.75) is 26.3 Å². The molecule has 2 aromatic rings. The number of imide groups is 1. The second-order valence-electron chi connectivity index (χ2n) is 6.97. The van der Waals surface area contributed by atoms with Crippen molar-refractivity contribution >= 4 is 40.8 Å². The molecule has 0 radical (unpaired) electrons. The van der Waals surface area contributed by atoms with Gasteiger partial charge in [-0.15, -0.1) is 0 Å². The molecule has 2 aromatic carbocycles. The fraction of sp³-hybridized carbons (Fsp3) is 0.211. The lowest BCUT2D eigenvalue weighted by Crippen LogP contribution is -2.45. The van der Waals surface area contributed by atoms with Crippen LogP contribution in [0.1, 0.15) is 41.5 Å². The number of hydrogen-bond donors (Lipinski definition) is 2. The second kappa shape index (κ2) is 6.46. The van der Waals surface area contributed by atoms with E-state index in [9.17, 15) is 14.4 Å². The van der Waals surface area contributed by atoms with Gasteiger partial charge in [0.1, 0.15) is 0 Å². The predicted octanol–water partition coefficient (Wildman–Crippen LogP) is 4.38. The third kappa shape index (κ3) is 3.41. The molecule has 6 nitrogen and oxygen atoms in total. The van der Waals surface area contributed by atoms with Crippen LogP contribution in [0.2, 0.25) is 5.02 Å². The first-order valence-electron chi connectivity index (χ1n) is 8.03. The Morgan fingerprint density at radius 3 is 2.15 bits per heavy atom. The first kappa shape index (κ1) is 17.9.